The quantitative estimate of drug-likeness (QED) is 0.386. The number of nitrogens with one attached hydrogen (secondary N) is 2. The fourth-order valence-corrected chi connectivity index (χ4v) is 3.59. The number of hydrogen-bond acceptors (Lipinski definition) is 4. The fraction of sp³-hybridized carbons (Fsp3) is 0.550. The molecule has 28 heavy (non-hydrogen) atoms. The summed E-state index contributed by atoms with van der Waals surface area (Å²) in [5, 5.41) is 11.5. The van der Waals surface area contributed by atoms with E-state index >= 15 is 0 Å². The minimum Gasteiger partial charge on any atom is -0.356 e. The Labute approximate surface area is 185 Å². The van der Waals surface area contributed by atoms with Gasteiger partial charge in [0.25, 0.3) is 0 Å². The molecule has 0 aliphatic carbocycles. The van der Waals surface area contributed by atoms with E-state index < -0.39 is 0 Å². The Hall–Kier alpha value is -1.84. The van der Waals surface area contributed by atoms with Crippen molar-refractivity contribution in [2.75, 3.05) is 25.0 Å². The highest BCUT2D eigenvalue weighted by molar-refractivity contribution is 14.0. The molecule has 7 nitrogen and oxygen atoms in total. The highest BCUT2D eigenvalue weighted by atomic mass is 127. The van der Waals surface area contributed by atoms with Crippen molar-refractivity contribution in [3.8, 4) is 0 Å². The van der Waals surface area contributed by atoms with E-state index in [1.807, 2.05) is 31.8 Å². The van der Waals surface area contributed by atoms with Gasteiger partial charge in [0, 0.05) is 56.7 Å². The van der Waals surface area contributed by atoms with Gasteiger partial charge in [-0.05, 0) is 45.7 Å². The highest BCUT2D eigenvalue weighted by Gasteiger charge is 2.21. The third kappa shape index (κ3) is 5.36. The second kappa shape index (κ2) is 10.1. The summed E-state index contributed by atoms with van der Waals surface area (Å²) in [5.74, 6) is 1.93. The smallest absolute Gasteiger partial charge is 0.191 e. The Morgan fingerprint density at radius 1 is 1.21 bits per heavy atom. The second-order valence-corrected chi connectivity index (χ2v) is 7.24. The highest BCUT2D eigenvalue weighted by Crippen LogP contribution is 2.18. The second-order valence-electron chi connectivity index (χ2n) is 7.24. The maximum absolute atomic E-state index is 4.64. The van der Waals surface area contributed by atoms with Crippen LogP contribution in [0.3, 0.4) is 0 Å². The van der Waals surface area contributed by atoms with Crippen LogP contribution in [0.1, 0.15) is 35.5 Å². The number of hydrogen-bond donors (Lipinski definition) is 2. The first-order chi connectivity index (χ1) is 13.0. The lowest BCUT2D eigenvalue weighted by atomic mass is 10.1. The van der Waals surface area contributed by atoms with E-state index in [-0.39, 0.29) is 24.0 Å². The maximum atomic E-state index is 4.64. The van der Waals surface area contributed by atoms with Gasteiger partial charge >= 0.3 is 0 Å². The van der Waals surface area contributed by atoms with Crippen molar-refractivity contribution >= 4 is 35.8 Å². The molecule has 2 aromatic rings. The van der Waals surface area contributed by atoms with Gasteiger partial charge in [-0.1, -0.05) is 6.07 Å². The number of aliphatic imine (C=N–C) groups is 1. The molecule has 0 bridgehead atoms. The molecule has 3 heterocycles. The summed E-state index contributed by atoms with van der Waals surface area (Å²) in [5.41, 5.74) is 4.56. The van der Waals surface area contributed by atoms with Crippen LogP contribution < -0.4 is 15.5 Å². The molecule has 154 valence electrons. The normalized spacial score (nSPS) is 15.3. The van der Waals surface area contributed by atoms with Crippen LogP contribution in [-0.2, 0) is 13.6 Å². The molecule has 1 aliphatic heterocycles. The van der Waals surface area contributed by atoms with E-state index in [1.54, 1.807) is 0 Å². The van der Waals surface area contributed by atoms with E-state index in [0.29, 0.717) is 6.04 Å². The molecule has 1 fully saturated rings. The van der Waals surface area contributed by atoms with Crippen molar-refractivity contribution in [2.24, 2.45) is 12.0 Å². The van der Waals surface area contributed by atoms with Gasteiger partial charge in [-0.2, -0.15) is 5.10 Å². The zero-order chi connectivity index (χ0) is 19.4. The first-order valence-corrected chi connectivity index (χ1v) is 9.62. The minimum absolute atomic E-state index is 0. The SMILES string of the molecule is CN=C(NCc1c(C)nn(C)c1C)NC1CCN(c2cccc(C)n2)CC1.I. The number of aryl methyl sites for hydroxylation is 3. The minimum atomic E-state index is 0. The predicted octanol–water partition coefficient (Wildman–Crippen LogP) is 2.69. The Morgan fingerprint density at radius 3 is 2.50 bits per heavy atom. The van der Waals surface area contributed by atoms with Crippen LogP contribution in [-0.4, -0.2) is 46.9 Å². The van der Waals surface area contributed by atoms with Crippen molar-refractivity contribution in [3.05, 3.63) is 40.8 Å². The molecule has 2 N–H and O–H groups in total. The van der Waals surface area contributed by atoms with Crippen LogP contribution in [0.2, 0.25) is 0 Å². The van der Waals surface area contributed by atoms with Crippen LogP contribution in [0.25, 0.3) is 0 Å². The number of rotatable bonds is 4. The summed E-state index contributed by atoms with van der Waals surface area (Å²) in [6, 6.07) is 6.64. The molecule has 0 amide bonds. The van der Waals surface area contributed by atoms with Crippen molar-refractivity contribution in [2.45, 2.75) is 46.2 Å². The van der Waals surface area contributed by atoms with E-state index in [1.165, 1.54) is 11.3 Å². The summed E-state index contributed by atoms with van der Waals surface area (Å²) in [4.78, 5) is 11.4. The van der Waals surface area contributed by atoms with Gasteiger partial charge in [-0.3, -0.25) is 9.67 Å². The number of anilines is 1. The van der Waals surface area contributed by atoms with Crippen LogP contribution >= 0.6 is 24.0 Å². The number of guanidine groups is 1. The Balaban J connectivity index is 0.00000280. The largest absolute Gasteiger partial charge is 0.356 e. The lowest BCUT2D eigenvalue weighted by Gasteiger charge is -2.34. The van der Waals surface area contributed by atoms with Gasteiger partial charge in [0.1, 0.15) is 5.82 Å². The van der Waals surface area contributed by atoms with E-state index in [0.717, 1.165) is 55.6 Å². The zero-order valence-corrected chi connectivity index (χ0v) is 19.8. The van der Waals surface area contributed by atoms with Crippen molar-refractivity contribution in [3.63, 3.8) is 0 Å². The van der Waals surface area contributed by atoms with Gasteiger partial charge in [0.05, 0.1) is 5.69 Å². The molecule has 3 rings (SSSR count). The van der Waals surface area contributed by atoms with Crippen molar-refractivity contribution < 1.29 is 0 Å². The molecule has 1 aliphatic rings. The van der Waals surface area contributed by atoms with Crippen LogP contribution in [0, 0.1) is 20.8 Å². The van der Waals surface area contributed by atoms with Crippen molar-refractivity contribution in [1.29, 1.82) is 0 Å². The standard InChI is InChI=1S/C20H31N7.HI/c1-14-7-6-8-19(23-14)27-11-9-17(10-12-27)24-20(21-4)22-13-18-15(2)25-26(5)16(18)3;/h6-8,17H,9-13H2,1-5H3,(H2,21,22,24);1H. The van der Waals surface area contributed by atoms with Gasteiger partial charge in [-0.15, -0.1) is 24.0 Å². The molecular formula is C20H32IN7. The van der Waals surface area contributed by atoms with Crippen LogP contribution in [0.15, 0.2) is 23.2 Å². The molecule has 0 radical (unpaired) electrons. The monoisotopic (exact) mass is 497 g/mol. The Bertz CT molecular complexity index is 807. The fourth-order valence-electron chi connectivity index (χ4n) is 3.59. The van der Waals surface area contributed by atoms with Gasteiger partial charge in [0.2, 0.25) is 0 Å². The maximum Gasteiger partial charge on any atom is 0.191 e. The zero-order valence-electron chi connectivity index (χ0n) is 17.5. The molecule has 0 unspecified atom stereocenters. The molecule has 0 saturated carbocycles. The van der Waals surface area contributed by atoms with E-state index in [4.69, 9.17) is 0 Å². The first-order valence-electron chi connectivity index (χ1n) is 9.62. The Morgan fingerprint density at radius 2 is 1.93 bits per heavy atom. The lowest BCUT2D eigenvalue weighted by molar-refractivity contribution is 0.459. The molecule has 0 atom stereocenters. The van der Waals surface area contributed by atoms with Gasteiger partial charge in [0.15, 0.2) is 5.96 Å². The third-order valence-corrected chi connectivity index (χ3v) is 5.35. The molecule has 1 saturated heterocycles. The topological polar surface area (TPSA) is 70.4 Å². The molecule has 0 aromatic carbocycles. The average molecular weight is 497 g/mol. The molecular weight excluding hydrogens is 465 g/mol. The third-order valence-electron chi connectivity index (χ3n) is 5.35. The summed E-state index contributed by atoms with van der Waals surface area (Å²) in [6.07, 6.45) is 2.14. The van der Waals surface area contributed by atoms with Crippen LogP contribution in [0.5, 0.6) is 0 Å². The number of pyridine rings is 1. The summed E-state index contributed by atoms with van der Waals surface area (Å²) < 4.78 is 1.93. The van der Waals surface area contributed by atoms with Gasteiger partial charge in [-0.25, -0.2) is 4.98 Å². The lowest BCUT2D eigenvalue weighted by Crippen LogP contribution is -2.48. The van der Waals surface area contributed by atoms with Crippen molar-refractivity contribution in [1.82, 2.24) is 25.4 Å². The summed E-state index contributed by atoms with van der Waals surface area (Å²) in [6.45, 7) is 8.94. The summed E-state index contributed by atoms with van der Waals surface area (Å²) >= 11 is 0. The molecule has 2 aromatic heterocycles. The van der Waals surface area contributed by atoms with Gasteiger partial charge < -0.3 is 15.5 Å². The molecule has 0 spiro atoms. The number of nitrogens with zero attached hydrogens (tertiary/aromatic N) is 5. The summed E-state index contributed by atoms with van der Waals surface area (Å²) in [7, 11) is 3.81. The Kier molecular flexibility index (Phi) is 8.09. The average Bonchev–Trinajstić information content (AvgIpc) is 2.91. The van der Waals surface area contributed by atoms with E-state index in [9.17, 15) is 0 Å². The first kappa shape index (κ1) is 22.4. The number of halogens is 1. The van der Waals surface area contributed by atoms with E-state index in [2.05, 4.69) is 56.6 Å². The predicted molar refractivity (Wildman–Crippen MR) is 126 cm³/mol. The molecule has 8 heteroatoms. The number of aromatic nitrogens is 3. The van der Waals surface area contributed by atoms with Crippen LogP contribution in [0.4, 0.5) is 5.82 Å². The number of piperidine rings is 1.